The van der Waals surface area contributed by atoms with E-state index in [0.29, 0.717) is 25.8 Å². The van der Waals surface area contributed by atoms with Crippen molar-refractivity contribution in [1.82, 2.24) is 9.47 Å². The number of hydrogen-bond donors (Lipinski definition) is 1. The fraction of sp³-hybridized carbons (Fsp3) is 0.455. The van der Waals surface area contributed by atoms with Crippen LogP contribution < -0.4 is 0 Å². The fourth-order valence-electron chi connectivity index (χ4n) is 3.32. The van der Waals surface area contributed by atoms with E-state index in [4.69, 9.17) is 4.74 Å². The van der Waals surface area contributed by atoms with Crippen LogP contribution in [0.25, 0.3) is 0 Å². The summed E-state index contributed by atoms with van der Waals surface area (Å²) in [7, 11) is 0. The Balaban J connectivity index is 1.62. The Labute approximate surface area is 156 Å². The van der Waals surface area contributed by atoms with Gasteiger partial charge in [-0.25, -0.2) is 0 Å². The first-order valence-electron chi connectivity index (χ1n) is 9.46. The maximum absolute atomic E-state index is 10.3. The van der Waals surface area contributed by atoms with Crippen LogP contribution in [0.2, 0.25) is 0 Å². The molecule has 0 amide bonds. The first kappa shape index (κ1) is 18.9. The minimum atomic E-state index is -0.463. The zero-order chi connectivity index (χ0) is 18.4. The molecule has 0 bridgehead atoms. The molecule has 0 radical (unpaired) electrons. The molecular formula is C22H30N2O2. The highest BCUT2D eigenvalue weighted by Gasteiger charge is 2.30. The molecule has 1 fully saturated rings. The van der Waals surface area contributed by atoms with Gasteiger partial charge in [-0.05, 0) is 43.0 Å². The molecular weight excluding hydrogens is 324 g/mol. The number of aryl methyl sites for hydroxylation is 1. The van der Waals surface area contributed by atoms with Crippen molar-refractivity contribution in [2.24, 2.45) is 0 Å². The number of aromatic nitrogens is 1. The number of benzene rings is 1. The Morgan fingerprint density at radius 2 is 2.12 bits per heavy atom. The van der Waals surface area contributed by atoms with Gasteiger partial charge in [-0.15, -0.1) is 6.58 Å². The van der Waals surface area contributed by atoms with Crippen molar-refractivity contribution >= 4 is 0 Å². The van der Waals surface area contributed by atoms with Crippen LogP contribution in [0.3, 0.4) is 0 Å². The first-order chi connectivity index (χ1) is 12.7. The molecule has 1 N–H and O–H groups in total. The number of nitrogens with zero attached hydrogens (tertiary/aromatic N) is 2. The zero-order valence-electron chi connectivity index (χ0n) is 15.7. The number of aliphatic hydroxyl groups excluding tert-OH is 1. The molecule has 140 valence electrons. The van der Waals surface area contributed by atoms with E-state index >= 15 is 0 Å². The topological polar surface area (TPSA) is 37.6 Å². The summed E-state index contributed by atoms with van der Waals surface area (Å²) in [4.78, 5) is 2.39. The van der Waals surface area contributed by atoms with Crippen LogP contribution in [0.1, 0.15) is 29.7 Å². The lowest BCUT2D eigenvalue weighted by atomic mass is 10.1. The van der Waals surface area contributed by atoms with E-state index in [1.54, 1.807) is 6.08 Å². The van der Waals surface area contributed by atoms with Gasteiger partial charge < -0.3 is 14.4 Å². The Bertz CT molecular complexity index is 706. The number of hydrogen-bond acceptors (Lipinski definition) is 3. The summed E-state index contributed by atoms with van der Waals surface area (Å²) in [5.74, 6) is 0. The molecule has 0 saturated heterocycles. The van der Waals surface area contributed by atoms with E-state index in [1.807, 2.05) is 0 Å². The molecule has 3 rings (SSSR count). The van der Waals surface area contributed by atoms with Gasteiger partial charge >= 0.3 is 0 Å². The van der Waals surface area contributed by atoms with Crippen molar-refractivity contribution in [2.45, 2.75) is 45.0 Å². The van der Waals surface area contributed by atoms with Crippen molar-refractivity contribution in [3.63, 3.8) is 0 Å². The Morgan fingerprint density at radius 1 is 1.31 bits per heavy atom. The highest BCUT2D eigenvalue weighted by atomic mass is 16.5. The molecule has 1 aliphatic rings. The molecule has 1 aliphatic carbocycles. The predicted octanol–water partition coefficient (Wildman–Crippen LogP) is 3.37. The lowest BCUT2D eigenvalue weighted by Crippen LogP contribution is -2.36. The fourth-order valence-corrected chi connectivity index (χ4v) is 3.32. The van der Waals surface area contributed by atoms with E-state index in [-0.39, 0.29) is 0 Å². The predicted molar refractivity (Wildman–Crippen MR) is 105 cm³/mol. The quantitative estimate of drug-likeness (QED) is 0.497. The molecule has 2 aromatic rings. The van der Waals surface area contributed by atoms with Crippen molar-refractivity contribution in [3.05, 3.63) is 72.1 Å². The van der Waals surface area contributed by atoms with Crippen LogP contribution in [0.4, 0.5) is 0 Å². The maximum Gasteiger partial charge on any atom is 0.0900 e. The Kier molecular flexibility index (Phi) is 6.67. The number of rotatable bonds is 11. The van der Waals surface area contributed by atoms with E-state index in [2.05, 4.69) is 65.6 Å². The molecule has 1 aromatic heterocycles. The van der Waals surface area contributed by atoms with Crippen LogP contribution in [-0.2, 0) is 17.8 Å². The van der Waals surface area contributed by atoms with Gasteiger partial charge in [0.25, 0.3) is 0 Å². The van der Waals surface area contributed by atoms with Crippen molar-refractivity contribution < 1.29 is 9.84 Å². The van der Waals surface area contributed by atoms with E-state index in [9.17, 15) is 5.11 Å². The summed E-state index contributed by atoms with van der Waals surface area (Å²) in [5.41, 5.74) is 3.96. The smallest absolute Gasteiger partial charge is 0.0900 e. The molecule has 0 aliphatic heterocycles. The van der Waals surface area contributed by atoms with Gasteiger partial charge in [0.1, 0.15) is 0 Å². The van der Waals surface area contributed by atoms with Gasteiger partial charge in [-0.1, -0.05) is 30.3 Å². The van der Waals surface area contributed by atoms with Crippen LogP contribution in [0.15, 0.2) is 55.3 Å². The average Bonchev–Trinajstić information content (AvgIpc) is 3.39. The molecule has 1 saturated carbocycles. The van der Waals surface area contributed by atoms with Crippen molar-refractivity contribution in [1.29, 1.82) is 0 Å². The van der Waals surface area contributed by atoms with E-state index in [0.717, 1.165) is 13.1 Å². The SMILES string of the molecule is C=CCOC[C@@H](O)CN(Cc1cccn1Cc1ccccc1C)C1CC1. The molecule has 0 unspecified atom stereocenters. The number of aliphatic hydroxyl groups is 1. The zero-order valence-corrected chi connectivity index (χ0v) is 15.7. The summed E-state index contributed by atoms with van der Waals surface area (Å²) in [6.07, 6.45) is 5.84. The van der Waals surface area contributed by atoms with E-state index in [1.165, 1.54) is 29.7 Å². The Hall–Kier alpha value is -1.88. The summed E-state index contributed by atoms with van der Waals surface area (Å²) in [6, 6.07) is 13.4. The van der Waals surface area contributed by atoms with Gasteiger partial charge in [-0.3, -0.25) is 4.90 Å². The third-order valence-corrected chi connectivity index (χ3v) is 4.95. The molecule has 1 heterocycles. The normalized spacial score (nSPS) is 15.3. The van der Waals surface area contributed by atoms with Crippen LogP contribution in [0, 0.1) is 6.92 Å². The second-order valence-electron chi connectivity index (χ2n) is 7.19. The second kappa shape index (κ2) is 9.17. The van der Waals surface area contributed by atoms with Gasteiger partial charge in [0.15, 0.2) is 0 Å². The van der Waals surface area contributed by atoms with Crippen LogP contribution in [0.5, 0.6) is 0 Å². The minimum absolute atomic E-state index is 0.361. The number of ether oxygens (including phenoxy) is 1. The molecule has 1 aromatic carbocycles. The highest BCUT2D eigenvalue weighted by molar-refractivity contribution is 5.26. The van der Waals surface area contributed by atoms with Gasteiger partial charge in [0.2, 0.25) is 0 Å². The van der Waals surface area contributed by atoms with Gasteiger partial charge in [0, 0.05) is 37.6 Å². The van der Waals surface area contributed by atoms with Crippen molar-refractivity contribution in [3.8, 4) is 0 Å². The lowest BCUT2D eigenvalue weighted by molar-refractivity contribution is 0.0223. The van der Waals surface area contributed by atoms with Crippen LogP contribution >= 0.6 is 0 Å². The summed E-state index contributed by atoms with van der Waals surface area (Å²) >= 11 is 0. The first-order valence-corrected chi connectivity index (χ1v) is 9.46. The minimum Gasteiger partial charge on any atom is -0.389 e. The summed E-state index contributed by atoms with van der Waals surface area (Å²) in [5, 5.41) is 10.3. The molecule has 26 heavy (non-hydrogen) atoms. The molecule has 0 spiro atoms. The van der Waals surface area contributed by atoms with E-state index < -0.39 is 6.10 Å². The standard InChI is InChI=1S/C22H30N2O2/c1-3-13-26-17-22(25)16-24(20-10-11-20)15-21-9-6-12-23(21)14-19-8-5-4-7-18(19)2/h3-9,12,20,22,25H,1,10-11,13-17H2,2H3/t22-/m0/s1. The average molecular weight is 354 g/mol. The van der Waals surface area contributed by atoms with Crippen LogP contribution in [-0.4, -0.2) is 46.5 Å². The van der Waals surface area contributed by atoms with Gasteiger partial charge in [-0.2, -0.15) is 0 Å². The summed E-state index contributed by atoms with van der Waals surface area (Å²) < 4.78 is 7.71. The maximum atomic E-state index is 10.3. The summed E-state index contributed by atoms with van der Waals surface area (Å²) in [6.45, 7) is 9.05. The largest absolute Gasteiger partial charge is 0.389 e. The van der Waals surface area contributed by atoms with Gasteiger partial charge in [0.05, 0.1) is 19.3 Å². The molecule has 4 nitrogen and oxygen atoms in total. The highest BCUT2D eigenvalue weighted by Crippen LogP contribution is 2.28. The monoisotopic (exact) mass is 354 g/mol. The molecule has 4 heteroatoms. The second-order valence-corrected chi connectivity index (χ2v) is 7.19. The third kappa shape index (κ3) is 5.31. The third-order valence-electron chi connectivity index (χ3n) is 4.95. The molecule has 1 atom stereocenters. The lowest BCUT2D eigenvalue weighted by Gasteiger charge is -2.25. The van der Waals surface area contributed by atoms with Crippen molar-refractivity contribution in [2.75, 3.05) is 19.8 Å². The Morgan fingerprint density at radius 3 is 2.85 bits per heavy atom.